The van der Waals surface area contributed by atoms with E-state index >= 15 is 0 Å². The number of likely N-dealkylation sites (N-methyl/N-ethyl adjacent to an activating group) is 1. The third-order valence-corrected chi connectivity index (χ3v) is 7.86. The molecule has 2 aromatic carbocycles. The highest BCUT2D eigenvalue weighted by Crippen LogP contribution is 2.29. The van der Waals surface area contributed by atoms with E-state index in [0.717, 1.165) is 75.6 Å². The fourth-order valence-electron chi connectivity index (χ4n) is 5.41. The molecule has 7 nitrogen and oxygen atoms in total. The summed E-state index contributed by atoms with van der Waals surface area (Å²) in [6, 6.07) is 15.5. The zero-order valence-electron chi connectivity index (χ0n) is 23.5. The van der Waals surface area contributed by atoms with Gasteiger partial charge in [0.15, 0.2) is 0 Å². The maximum atomic E-state index is 13.1. The van der Waals surface area contributed by atoms with Gasteiger partial charge in [-0.1, -0.05) is 24.3 Å². The van der Waals surface area contributed by atoms with Crippen LogP contribution < -0.4 is 15.0 Å². The average Bonchev–Trinajstić information content (AvgIpc) is 2.95. The molecule has 3 aromatic rings. The SMILES string of the molecule is Cc1ccc(C(=O)NC2CCN(Cc3ccc(N4CCN(C)CC4)nc3)CC2)cc1-c1ccc(OC(F)(F)F)cc1. The van der Waals surface area contributed by atoms with E-state index in [1.54, 1.807) is 24.3 Å². The standard InChI is InChI=1S/C31H36F3N5O2/c1-22-3-5-25(19-28(22)24-6-8-27(9-7-24)41-31(32,33)34)30(40)36-26-11-13-38(14-12-26)21-23-4-10-29(35-20-23)39-17-15-37(2)16-18-39/h3-10,19-20,26H,11-18,21H2,1-2H3,(H,36,40). The maximum absolute atomic E-state index is 13.1. The summed E-state index contributed by atoms with van der Waals surface area (Å²) in [6.07, 6.45) is -1.04. The maximum Gasteiger partial charge on any atom is 0.573 e. The first-order valence-electron chi connectivity index (χ1n) is 14.0. The van der Waals surface area contributed by atoms with E-state index in [0.29, 0.717) is 11.1 Å². The third kappa shape index (κ3) is 7.77. The Morgan fingerprint density at radius 1 is 0.976 bits per heavy atom. The molecule has 0 unspecified atom stereocenters. The highest BCUT2D eigenvalue weighted by molar-refractivity contribution is 5.96. The number of halogens is 3. The van der Waals surface area contributed by atoms with E-state index in [4.69, 9.17) is 4.98 Å². The first kappa shape index (κ1) is 28.9. The van der Waals surface area contributed by atoms with E-state index in [1.807, 2.05) is 19.2 Å². The van der Waals surface area contributed by atoms with Crippen LogP contribution in [0.25, 0.3) is 11.1 Å². The van der Waals surface area contributed by atoms with Gasteiger partial charge in [-0.25, -0.2) is 4.98 Å². The number of alkyl halides is 3. The topological polar surface area (TPSA) is 60.9 Å². The van der Waals surface area contributed by atoms with Gasteiger partial charge in [-0.2, -0.15) is 0 Å². The molecule has 0 atom stereocenters. The number of hydrogen-bond donors (Lipinski definition) is 1. The number of piperidine rings is 1. The van der Waals surface area contributed by atoms with Gasteiger partial charge in [0, 0.05) is 63.6 Å². The van der Waals surface area contributed by atoms with Crippen molar-refractivity contribution in [2.24, 2.45) is 0 Å². The van der Waals surface area contributed by atoms with E-state index in [1.165, 1.54) is 17.7 Å². The van der Waals surface area contributed by atoms with Crippen LogP contribution in [0.4, 0.5) is 19.0 Å². The van der Waals surface area contributed by atoms with E-state index < -0.39 is 6.36 Å². The van der Waals surface area contributed by atoms with Crippen LogP contribution in [0, 0.1) is 6.92 Å². The number of nitrogens with one attached hydrogen (secondary N) is 1. The van der Waals surface area contributed by atoms with Gasteiger partial charge in [0.05, 0.1) is 0 Å². The monoisotopic (exact) mass is 567 g/mol. The molecule has 1 N–H and O–H groups in total. The van der Waals surface area contributed by atoms with Crippen molar-refractivity contribution in [2.45, 2.75) is 38.7 Å². The second-order valence-electron chi connectivity index (χ2n) is 10.9. The second kappa shape index (κ2) is 12.5. The number of anilines is 1. The Bertz CT molecular complexity index is 1320. The molecule has 0 bridgehead atoms. The zero-order chi connectivity index (χ0) is 29.0. The number of piperazine rings is 1. The summed E-state index contributed by atoms with van der Waals surface area (Å²) in [5, 5.41) is 3.17. The summed E-state index contributed by atoms with van der Waals surface area (Å²) >= 11 is 0. The van der Waals surface area contributed by atoms with Crippen molar-refractivity contribution in [1.82, 2.24) is 20.1 Å². The van der Waals surface area contributed by atoms with Crippen molar-refractivity contribution < 1.29 is 22.7 Å². The van der Waals surface area contributed by atoms with Crippen LogP contribution in [0.15, 0.2) is 60.8 Å². The highest BCUT2D eigenvalue weighted by Gasteiger charge is 2.31. The van der Waals surface area contributed by atoms with Crippen molar-refractivity contribution in [1.29, 1.82) is 0 Å². The largest absolute Gasteiger partial charge is 0.573 e. The first-order valence-corrected chi connectivity index (χ1v) is 14.0. The molecular formula is C31H36F3N5O2. The Balaban J connectivity index is 1.12. The van der Waals surface area contributed by atoms with E-state index in [-0.39, 0.29) is 17.7 Å². The number of aryl methyl sites for hydroxylation is 1. The molecule has 0 saturated carbocycles. The highest BCUT2D eigenvalue weighted by atomic mass is 19.4. The number of amides is 1. The van der Waals surface area contributed by atoms with Gasteiger partial charge >= 0.3 is 6.36 Å². The minimum atomic E-state index is -4.74. The smallest absolute Gasteiger partial charge is 0.406 e. The van der Waals surface area contributed by atoms with Gasteiger partial charge in [0.25, 0.3) is 5.91 Å². The number of hydrogen-bond acceptors (Lipinski definition) is 6. The molecule has 2 aliphatic heterocycles. The lowest BCUT2D eigenvalue weighted by molar-refractivity contribution is -0.274. The summed E-state index contributed by atoms with van der Waals surface area (Å²) < 4.78 is 41.4. The number of aromatic nitrogens is 1. The molecule has 10 heteroatoms. The Hall–Kier alpha value is -3.63. The van der Waals surface area contributed by atoms with Gasteiger partial charge in [-0.05, 0) is 79.4 Å². The lowest BCUT2D eigenvalue weighted by Gasteiger charge is -2.33. The molecule has 218 valence electrons. The molecule has 0 spiro atoms. The fourth-order valence-corrected chi connectivity index (χ4v) is 5.41. The average molecular weight is 568 g/mol. The minimum absolute atomic E-state index is 0.0834. The number of benzene rings is 2. The van der Waals surface area contributed by atoms with Crippen LogP contribution in [0.1, 0.15) is 34.3 Å². The summed E-state index contributed by atoms with van der Waals surface area (Å²) in [4.78, 5) is 24.9. The van der Waals surface area contributed by atoms with Crippen LogP contribution in [0.2, 0.25) is 0 Å². The van der Waals surface area contributed by atoms with Crippen LogP contribution in [0.3, 0.4) is 0 Å². The summed E-state index contributed by atoms with van der Waals surface area (Å²) in [5.74, 6) is 0.610. The first-order chi connectivity index (χ1) is 19.6. The van der Waals surface area contributed by atoms with Crippen LogP contribution in [0.5, 0.6) is 5.75 Å². The van der Waals surface area contributed by atoms with Gasteiger partial charge in [0.2, 0.25) is 0 Å². The van der Waals surface area contributed by atoms with E-state index in [2.05, 4.69) is 43.9 Å². The molecule has 0 radical (unpaired) electrons. The van der Waals surface area contributed by atoms with Crippen LogP contribution >= 0.6 is 0 Å². The summed E-state index contributed by atoms with van der Waals surface area (Å²) in [7, 11) is 2.15. The molecule has 2 aliphatic rings. The Morgan fingerprint density at radius 3 is 2.32 bits per heavy atom. The molecule has 2 fully saturated rings. The van der Waals surface area contributed by atoms with Gasteiger partial charge in [0.1, 0.15) is 11.6 Å². The van der Waals surface area contributed by atoms with Gasteiger partial charge in [-0.3, -0.25) is 9.69 Å². The second-order valence-corrected chi connectivity index (χ2v) is 10.9. The zero-order valence-corrected chi connectivity index (χ0v) is 23.5. The lowest BCUT2D eigenvalue weighted by atomic mass is 9.97. The molecule has 3 heterocycles. The van der Waals surface area contributed by atoms with Crippen molar-refractivity contribution in [3.63, 3.8) is 0 Å². The lowest BCUT2D eigenvalue weighted by Crippen LogP contribution is -2.45. The van der Waals surface area contributed by atoms with Gasteiger partial charge < -0.3 is 19.9 Å². The molecule has 1 aromatic heterocycles. The molecule has 0 aliphatic carbocycles. The fraction of sp³-hybridized carbons (Fsp3) is 0.419. The third-order valence-electron chi connectivity index (χ3n) is 7.86. The van der Waals surface area contributed by atoms with Crippen molar-refractivity contribution >= 4 is 11.7 Å². The summed E-state index contributed by atoms with van der Waals surface area (Å²) in [6.45, 7) is 8.62. The molecule has 1 amide bonds. The normalized spacial score (nSPS) is 17.4. The van der Waals surface area contributed by atoms with Crippen molar-refractivity contribution in [3.8, 4) is 16.9 Å². The number of likely N-dealkylation sites (tertiary alicyclic amines) is 1. The molecular weight excluding hydrogens is 531 g/mol. The van der Waals surface area contributed by atoms with Gasteiger partial charge in [-0.15, -0.1) is 13.2 Å². The number of ether oxygens (including phenoxy) is 1. The number of carbonyl (C=O) groups is 1. The molecule has 5 rings (SSSR count). The minimum Gasteiger partial charge on any atom is -0.406 e. The quantitative estimate of drug-likeness (QED) is 0.429. The Labute approximate surface area is 238 Å². The molecule has 2 saturated heterocycles. The number of pyridine rings is 1. The van der Waals surface area contributed by atoms with Crippen LogP contribution in [-0.4, -0.2) is 79.4 Å². The number of rotatable bonds is 7. The number of carbonyl (C=O) groups excluding carboxylic acids is 1. The Morgan fingerprint density at radius 2 is 1.68 bits per heavy atom. The predicted octanol–water partition coefficient (Wildman–Crippen LogP) is 5.10. The van der Waals surface area contributed by atoms with Crippen LogP contribution in [-0.2, 0) is 6.54 Å². The predicted molar refractivity (Wildman–Crippen MR) is 153 cm³/mol. The van der Waals surface area contributed by atoms with Crippen molar-refractivity contribution in [3.05, 3.63) is 77.5 Å². The number of nitrogens with zero attached hydrogens (tertiary/aromatic N) is 4. The summed E-state index contributed by atoms with van der Waals surface area (Å²) in [5.41, 5.74) is 4.14. The Kier molecular flexibility index (Phi) is 8.79. The van der Waals surface area contributed by atoms with Crippen molar-refractivity contribution in [2.75, 3.05) is 51.2 Å². The van der Waals surface area contributed by atoms with E-state index in [9.17, 15) is 18.0 Å². The molecule has 41 heavy (non-hydrogen) atoms.